The molecule has 168 valence electrons. The fourth-order valence-electron chi connectivity index (χ4n) is 3.72. The predicted molar refractivity (Wildman–Crippen MR) is 111 cm³/mol. The van der Waals surface area contributed by atoms with Crippen LogP contribution in [-0.2, 0) is 10.0 Å². The Morgan fingerprint density at radius 1 is 1.13 bits per heavy atom. The second kappa shape index (κ2) is 10.3. The average molecular weight is 443 g/mol. The van der Waals surface area contributed by atoms with Gasteiger partial charge in [0.15, 0.2) is 0 Å². The molecule has 1 amide bonds. The highest BCUT2D eigenvalue weighted by molar-refractivity contribution is 7.89. The first-order valence-corrected chi connectivity index (χ1v) is 11.9. The van der Waals surface area contributed by atoms with Crippen LogP contribution in [0.25, 0.3) is 0 Å². The number of piperidine rings is 1. The maximum Gasteiger partial charge on any atom is 0.407 e. The predicted octanol–water partition coefficient (Wildman–Crippen LogP) is 0.685. The lowest BCUT2D eigenvalue weighted by atomic mass is 9.98. The number of carboxylic acid groups (broad SMARTS) is 1. The first kappa shape index (κ1) is 22.6. The molecule has 0 unspecified atom stereocenters. The highest BCUT2D eigenvalue weighted by Gasteiger charge is 2.27. The maximum absolute atomic E-state index is 12.2. The van der Waals surface area contributed by atoms with Gasteiger partial charge in [-0.1, -0.05) is 0 Å². The second-order valence-corrected chi connectivity index (χ2v) is 9.74. The zero-order chi connectivity index (χ0) is 21.6. The van der Waals surface area contributed by atoms with E-state index in [0.717, 1.165) is 18.7 Å². The van der Waals surface area contributed by atoms with Crippen LogP contribution in [0.2, 0.25) is 0 Å². The summed E-state index contributed by atoms with van der Waals surface area (Å²) in [6.45, 7) is 3.44. The average Bonchev–Trinajstić information content (AvgIpc) is 2.77. The number of sulfonamides is 1. The molecule has 10 nitrogen and oxygen atoms in total. The quantitative estimate of drug-likeness (QED) is 0.603. The van der Waals surface area contributed by atoms with E-state index in [2.05, 4.69) is 4.98 Å². The second-order valence-electron chi connectivity index (χ2n) is 7.66. The minimum absolute atomic E-state index is 0.0247. The normalized spacial score (nSPS) is 19.1. The van der Waals surface area contributed by atoms with Crippen molar-refractivity contribution in [2.24, 2.45) is 5.92 Å². The van der Waals surface area contributed by atoms with Gasteiger partial charge in [0.2, 0.25) is 10.0 Å². The van der Waals surface area contributed by atoms with Crippen LogP contribution in [0.4, 0.5) is 10.6 Å². The van der Waals surface area contributed by atoms with E-state index in [0.29, 0.717) is 57.5 Å². The van der Waals surface area contributed by atoms with Gasteiger partial charge in [-0.2, -0.15) is 4.31 Å². The molecule has 0 aliphatic carbocycles. The van der Waals surface area contributed by atoms with Gasteiger partial charge in [-0.15, -0.1) is 0 Å². The maximum atomic E-state index is 12.2. The summed E-state index contributed by atoms with van der Waals surface area (Å²) in [6, 6.07) is 3.73. The highest BCUT2D eigenvalue weighted by atomic mass is 32.2. The molecule has 0 spiro atoms. The van der Waals surface area contributed by atoms with Crippen molar-refractivity contribution in [2.75, 3.05) is 63.1 Å². The van der Waals surface area contributed by atoms with Crippen molar-refractivity contribution in [3.63, 3.8) is 0 Å². The van der Waals surface area contributed by atoms with Crippen LogP contribution in [0.5, 0.6) is 5.75 Å². The summed E-state index contributed by atoms with van der Waals surface area (Å²) < 4.78 is 31.7. The van der Waals surface area contributed by atoms with E-state index >= 15 is 0 Å². The van der Waals surface area contributed by atoms with E-state index in [1.54, 1.807) is 6.20 Å². The third kappa shape index (κ3) is 5.96. The molecule has 0 atom stereocenters. The smallest absolute Gasteiger partial charge is 0.407 e. The number of piperazine rings is 1. The number of ether oxygens (including phenoxy) is 1. The topological polar surface area (TPSA) is 124 Å². The molecule has 2 saturated heterocycles. The van der Waals surface area contributed by atoms with Gasteiger partial charge in [-0.05, 0) is 37.3 Å². The van der Waals surface area contributed by atoms with Crippen molar-refractivity contribution < 1.29 is 28.2 Å². The molecule has 0 aromatic carbocycles. The van der Waals surface area contributed by atoms with Gasteiger partial charge in [-0.3, -0.25) is 0 Å². The van der Waals surface area contributed by atoms with Crippen LogP contribution in [-0.4, -0.2) is 97.1 Å². The monoisotopic (exact) mass is 442 g/mol. The molecule has 3 rings (SSSR count). The SMILES string of the molecule is O=C(O)N1CCC(COc2ccc(N3CCN(S(=O)(=O)CCCO)CC3)nc2)CC1. The van der Waals surface area contributed by atoms with Crippen LogP contribution in [0.1, 0.15) is 19.3 Å². The van der Waals surface area contributed by atoms with Crippen molar-refractivity contribution in [3.05, 3.63) is 18.3 Å². The summed E-state index contributed by atoms with van der Waals surface area (Å²) >= 11 is 0. The van der Waals surface area contributed by atoms with Crippen LogP contribution < -0.4 is 9.64 Å². The number of hydrogen-bond acceptors (Lipinski definition) is 7. The van der Waals surface area contributed by atoms with Gasteiger partial charge in [0, 0.05) is 45.9 Å². The highest BCUT2D eigenvalue weighted by Crippen LogP contribution is 2.22. The Hall–Kier alpha value is -2.11. The zero-order valence-corrected chi connectivity index (χ0v) is 17.8. The molecule has 1 aromatic rings. The van der Waals surface area contributed by atoms with Crippen LogP contribution >= 0.6 is 0 Å². The van der Waals surface area contributed by atoms with E-state index in [9.17, 15) is 13.2 Å². The molecule has 0 bridgehead atoms. The number of aromatic nitrogens is 1. The molecule has 30 heavy (non-hydrogen) atoms. The van der Waals surface area contributed by atoms with E-state index < -0.39 is 16.1 Å². The first-order chi connectivity index (χ1) is 14.4. The van der Waals surface area contributed by atoms with Gasteiger partial charge in [-0.25, -0.2) is 18.2 Å². The van der Waals surface area contributed by atoms with E-state index in [4.69, 9.17) is 14.9 Å². The third-order valence-corrected chi connectivity index (χ3v) is 7.56. The number of carbonyl (C=O) groups is 1. The number of anilines is 1. The lowest BCUT2D eigenvalue weighted by Gasteiger charge is -2.34. The number of hydrogen-bond donors (Lipinski definition) is 2. The summed E-state index contributed by atoms with van der Waals surface area (Å²) in [7, 11) is -3.31. The summed E-state index contributed by atoms with van der Waals surface area (Å²) in [6.07, 6.45) is 2.65. The largest absolute Gasteiger partial charge is 0.492 e. The summed E-state index contributed by atoms with van der Waals surface area (Å²) in [5.41, 5.74) is 0. The molecular weight excluding hydrogens is 412 g/mol. The molecule has 0 radical (unpaired) electrons. The summed E-state index contributed by atoms with van der Waals surface area (Å²) in [5.74, 6) is 1.76. The molecule has 2 fully saturated rings. The Morgan fingerprint density at radius 2 is 1.83 bits per heavy atom. The summed E-state index contributed by atoms with van der Waals surface area (Å²) in [4.78, 5) is 18.9. The van der Waals surface area contributed by atoms with Crippen LogP contribution in [0.3, 0.4) is 0 Å². The minimum atomic E-state index is -3.31. The summed E-state index contributed by atoms with van der Waals surface area (Å²) in [5, 5.41) is 17.8. The standard InChI is InChI=1S/C19H30N4O6S/c24-12-1-13-30(27,28)23-10-8-21(9-11-23)18-3-2-17(14-20-18)29-15-16-4-6-22(7-5-16)19(25)26/h2-3,14,16,24H,1,4-13,15H2,(H,25,26). The number of pyridine rings is 1. The number of aliphatic hydroxyl groups excluding tert-OH is 1. The van der Waals surface area contributed by atoms with Crippen LogP contribution in [0.15, 0.2) is 18.3 Å². The molecule has 0 saturated carbocycles. The van der Waals surface area contributed by atoms with Gasteiger partial charge < -0.3 is 24.7 Å². The fraction of sp³-hybridized carbons (Fsp3) is 0.684. The van der Waals surface area contributed by atoms with Crippen LogP contribution in [0, 0.1) is 5.92 Å². The Kier molecular flexibility index (Phi) is 7.73. The number of amides is 1. The van der Waals surface area contributed by atoms with Gasteiger partial charge in [0.05, 0.1) is 18.6 Å². The first-order valence-electron chi connectivity index (χ1n) is 10.3. The Balaban J connectivity index is 1.43. The third-order valence-electron chi connectivity index (χ3n) is 5.61. The molecular formula is C19H30N4O6S. The molecule has 2 aliphatic rings. The number of rotatable bonds is 8. The minimum Gasteiger partial charge on any atom is -0.492 e. The number of nitrogens with zero attached hydrogens (tertiary/aromatic N) is 4. The van der Waals surface area contributed by atoms with Crippen molar-refractivity contribution in [1.82, 2.24) is 14.2 Å². The van der Waals surface area contributed by atoms with Gasteiger partial charge in [0.1, 0.15) is 11.6 Å². The van der Waals surface area contributed by atoms with E-state index in [1.807, 2.05) is 17.0 Å². The fourth-order valence-corrected chi connectivity index (χ4v) is 5.19. The van der Waals surface area contributed by atoms with Gasteiger partial charge >= 0.3 is 6.09 Å². The van der Waals surface area contributed by atoms with E-state index in [-0.39, 0.29) is 18.8 Å². The Morgan fingerprint density at radius 3 is 2.40 bits per heavy atom. The van der Waals surface area contributed by atoms with Crippen molar-refractivity contribution in [3.8, 4) is 5.75 Å². The van der Waals surface area contributed by atoms with E-state index in [1.165, 1.54) is 9.21 Å². The Labute approximate surface area is 177 Å². The number of likely N-dealkylation sites (tertiary alicyclic amines) is 1. The zero-order valence-electron chi connectivity index (χ0n) is 17.0. The Bertz CT molecular complexity index is 788. The number of aliphatic hydroxyl groups is 1. The van der Waals surface area contributed by atoms with Crippen molar-refractivity contribution >= 4 is 21.9 Å². The molecule has 11 heteroatoms. The molecule has 2 aliphatic heterocycles. The lowest BCUT2D eigenvalue weighted by molar-refractivity contribution is 0.111. The van der Waals surface area contributed by atoms with Crippen molar-refractivity contribution in [1.29, 1.82) is 0 Å². The molecule has 1 aromatic heterocycles. The molecule has 2 N–H and O–H groups in total. The molecule has 3 heterocycles. The van der Waals surface area contributed by atoms with Crippen molar-refractivity contribution in [2.45, 2.75) is 19.3 Å². The lowest BCUT2D eigenvalue weighted by Crippen LogP contribution is -2.49. The van der Waals surface area contributed by atoms with Gasteiger partial charge in [0.25, 0.3) is 0 Å².